The molecule has 0 bridgehead atoms. The molecule has 4 nitrogen and oxygen atoms in total. The van der Waals surface area contributed by atoms with Crippen molar-refractivity contribution in [2.24, 2.45) is 11.3 Å². The van der Waals surface area contributed by atoms with Crippen LogP contribution < -0.4 is 0 Å². The van der Waals surface area contributed by atoms with Crippen LogP contribution >= 0.6 is 0 Å². The topological polar surface area (TPSA) is 49.8 Å². The molecule has 2 heterocycles. The van der Waals surface area contributed by atoms with Gasteiger partial charge in [-0.05, 0) is 44.7 Å². The van der Waals surface area contributed by atoms with E-state index in [1.165, 1.54) is 12.8 Å². The smallest absolute Gasteiger partial charge is 0.313 e. The maximum atomic E-state index is 11.5. The van der Waals surface area contributed by atoms with Crippen LogP contribution in [0.4, 0.5) is 0 Å². The van der Waals surface area contributed by atoms with Crippen molar-refractivity contribution in [1.82, 2.24) is 4.90 Å². The fourth-order valence-electron chi connectivity index (χ4n) is 2.86. The number of carbonyl (C=O) groups is 1. The third kappa shape index (κ3) is 2.99. The fraction of sp³-hybridized carbons (Fsp3) is 0.923. The van der Waals surface area contributed by atoms with E-state index in [1.54, 1.807) is 0 Å². The highest BCUT2D eigenvalue weighted by molar-refractivity contribution is 5.75. The number of nitrogens with zero attached hydrogens (tertiary/aromatic N) is 1. The number of hydrogen-bond donors (Lipinski definition) is 1. The van der Waals surface area contributed by atoms with Gasteiger partial charge in [0.15, 0.2) is 0 Å². The highest BCUT2D eigenvalue weighted by Gasteiger charge is 2.42. The Kier molecular flexibility index (Phi) is 4.05. The molecule has 1 N–H and O–H groups in total. The SMILES string of the molecule is CC1CCN(CC2(C(=O)O)CCCOC2)CC1. The molecule has 0 radical (unpaired) electrons. The molecule has 0 aliphatic carbocycles. The van der Waals surface area contributed by atoms with Gasteiger partial charge in [0.05, 0.1) is 6.61 Å². The van der Waals surface area contributed by atoms with Gasteiger partial charge in [-0.2, -0.15) is 0 Å². The Hall–Kier alpha value is -0.610. The normalized spacial score (nSPS) is 32.5. The summed E-state index contributed by atoms with van der Waals surface area (Å²) in [6.45, 7) is 6.11. The first-order chi connectivity index (χ1) is 8.12. The van der Waals surface area contributed by atoms with Crippen LogP contribution in [0.25, 0.3) is 0 Å². The number of carboxylic acid groups (broad SMARTS) is 1. The molecular weight excluding hydrogens is 218 g/mol. The molecule has 0 aromatic rings. The second-order valence-corrected chi connectivity index (χ2v) is 5.70. The summed E-state index contributed by atoms with van der Waals surface area (Å²) in [5, 5.41) is 9.46. The average molecular weight is 241 g/mol. The number of hydrogen-bond acceptors (Lipinski definition) is 3. The van der Waals surface area contributed by atoms with Crippen molar-refractivity contribution in [1.29, 1.82) is 0 Å². The Morgan fingerprint density at radius 3 is 2.71 bits per heavy atom. The van der Waals surface area contributed by atoms with E-state index in [9.17, 15) is 9.90 Å². The first kappa shape index (κ1) is 12.8. The molecule has 98 valence electrons. The molecular formula is C13H23NO3. The van der Waals surface area contributed by atoms with Crippen molar-refractivity contribution in [3.05, 3.63) is 0 Å². The minimum absolute atomic E-state index is 0.383. The van der Waals surface area contributed by atoms with Crippen LogP contribution in [0.2, 0.25) is 0 Å². The van der Waals surface area contributed by atoms with Crippen molar-refractivity contribution < 1.29 is 14.6 Å². The van der Waals surface area contributed by atoms with Crippen molar-refractivity contribution >= 4 is 5.97 Å². The first-order valence-electron chi connectivity index (χ1n) is 6.66. The molecule has 0 aromatic carbocycles. The van der Waals surface area contributed by atoms with Gasteiger partial charge >= 0.3 is 5.97 Å². The highest BCUT2D eigenvalue weighted by atomic mass is 16.5. The summed E-state index contributed by atoms with van der Waals surface area (Å²) < 4.78 is 5.40. The maximum absolute atomic E-state index is 11.5. The van der Waals surface area contributed by atoms with E-state index in [4.69, 9.17) is 4.74 Å². The van der Waals surface area contributed by atoms with E-state index in [0.29, 0.717) is 19.8 Å². The number of likely N-dealkylation sites (tertiary alicyclic amines) is 1. The predicted molar refractivity (Wildman–Crippen MR) is 65.0 cm³/mol. The first-order valence-corrected chi connectivity index (χ1v) is 6.66. The second-order valence-electron chi connectivity index (χ2n) is 5.70. The van der Waals surface area contributed by atoms with E-state index < -0.39 is 11.4 Å². The largest absolute Gasteiger partial charge is 0.481 e. The van der Waals surface area contributed by atoms with Crippen LogP contribution in [-0.2, 0) is 9.53 Å². The summed E-state index contributed by atoms with van der Waals surface area (Å²) >= 11 is 0. The second kappa shape index (κ2) is 5.36. The summed E-state index contributed by atoms with van der Waals surface area (Å²) in [5.41, 5.74) is -0.654. The lowest BCUT2D eigenvalue weighted by Gasteiger charge is -2.39. The van der Waals surface area contributed by atoms with Gasteiger partial charge in [-0.1, -0.05) is 6.92 Å². The number of ether oxygens (including phenoxy) is 1. The quantitative estimate of drug-likeness (QED) is 0.815. The molecule has 1 atom stereocenters. The van der Waals surface area contributed by atoms with E-state index in [2.05, 4.69) is 11.8 Å². The minimum atomic E-state index is -0.684. The van der Waals surface area contributed by atoms with E-state index in [1.807, 2.05) is 0 Å². The zero-order valence-electron chi connectivity index (χ0n) is 10.7. The lowest BCUT2D eigenvalue weighted by Crippen LogP contribution is -2.50. The van der Waals surface area contributed by atoms with Crippen LogP contribution in [0.15, 0.2) is 0 Å². The number of rotatable bonds is 3. The third-order valence-corrected chi connectivity index (χ3v) is 4.18. The molecule has 0 spiro atoms. The predicted octanol–water partition coefficient (Wildman–Crippen LogP) is 1.60. The minimum Gasteiger partial charge on any atom is -0.481 e. The van der Waals surface area contributed by atoms with Crippen molar-refractivity contribution in [3.63, 3.8) is 0 Å². The van der Waals surface area contributed by atoms with Crippen LogP contribution in [-0.4, -0.2) is 48.8 Å². The Morgan fingerprint density at radius 1 is 1.47 bits per heavy atom. The molecule has 0 saturated carbocycles. The summed E-state index contributed by atoms with van der Waals surface area (Å²) in [6.07, 6.45) is 4.01. The van der Waals surface area contributed by atoms with Gasteiger partial charge in [0.1, 0.15) is 5.41 Å². The molecule has 1 unspecified atom stereocenters. The number of aliphatic carboxylic acids is 1. The third-order valence-electron chi connectivity index (χ3n) is 4.18. The molecule has 2 rings (SSSR count). The lowest BCUT2D eigenvalue weighted by molar-refractivity contribution is -0.159. The van der Waals surface area contributed by atoms with E-state index >= 15 is 0 Å². The fourth-order valence-corrected chi connectivity index (χ4v) is 2.86. The average Bonchev–Trinajstić information content (AvgIpc) is 2.33. The molecule has 0 aromatic heterocycles. The number of piperidine rings is 1. The molecule has 17 heavy (non-hydrogen) atoms. The van der Waals surface area contributed by atoms with Gasteiger partial charge in [0, 0.05) is 13.2 Å². The number of carboxylic acids is 1. The van der Waals surface area contributed by atoms with Gasteiger partial charge in [0.25, 0.3) is 0 Å². The summed E-state index contributed by atoms with van der Waals surface area (Å²) in [6, 6.07) is 0. The van der Waals surface area contributed by atoms with Crippen molar-refractivity contribution in [2.45, 2.75) is 32.6 Å². The van der Waals surface area contributed by atoms with Crippen LogP contribution in [0.1, 0.15) is 32.6 Å². The molecule has 2 aliphatic heterocycles. The van der Waals surface area contributed by atoms with Gasteiger partial charge in [-0.3, -0.25) is 4.79 Å². The zero-order chi connectivity index (χ0) is 12.3. The summed E-state index contributed by atoms with van der Waals surface area (Å²) in [5.74, 6) is 0.102. The van der Waals surface area contributed by atoms with Gasteiger partial charge in [0.2, 0.25) is 0 Å². The standard InChI is InChI=1S/C13H23NO3/c1-11-3-6-14(7-4-11)9-13(12(15)16)5-2-8-17-10-13/h11H,2-10H2,1H3,(H,15,16). The molecule has 2 aliphatic rings. The summed E-state index contributed by atoms with van der Waals surface area (Å²) in [4.78, 5) is 13.8. The Bertz CT molecular complexity index is 266. The zero-order valence-corrected chi connectivity index (χ0v) is 10.7. The Morgan fingerprint density at radius 2 is 2.18 bits per heavy atom. The highest BCUT2D eigenvalue weighted by Crippen LogP contribution is 2.31. The van der Waals surface area contributed by atoms with Crippen molar-refractivity contribution in [3.8, 4) is 0 Å². The maximum Gasteiger partial charge on any atom is 0.313 e. The van der Waals surface area contributed by atoms with Crippen LogP contribution in [0, 0.1) is 11.3 Å². The van der Waals surface area contributed by atoms with E-state index in [-0.39, 0.29) is 0 Å². The molecule has 4 heteroatoms. The van der Waals surface area contributed by atoms with Crippen molar-refractivity contribution in [2.75, 3.05) is 32.8 Å². The molecule has 2 saturated heterocycles. The Labute approximate surface area is 103 Å². The molecule has 0 amide bonds. The molecule has 2 fully saturated rings. The van der Waals surface area contributed by atoms with Crippen LogP contribution in [0.3, 0.4) is 0 Å². The van der Waals surface area contributed by atoms with E-state index in [0.717, 1.165) is 31.8 Å². The monoisotopic (exact) mass is 241 g/mol. The lowest BCUT2D eigenvalue weighted by atomic mass is 9.81. The summed E-state index contributed by atoms with van der Waals surface area (Å²) in [7, 11) is 0. The van der Waals surface area contributed by atoms with Gasteiger partial charge < -0.3 is 14.7 Å². The van der Waals surface area contributed by atoms with Gasteiger partial charge in [-0.15, -0.1) is 0 Å². The van der Waals surface area contributed by atoms with Crippen LogP contribution in [0.5, 0.6) is 0 Å². The van der Waals surface area contributed by atoms with Gasteiger partial charge in [-0.25, -0.2) is 0 Å². The Balaban J connectivity index is 1.95.